The Bertz CT molecular complexity index is 288. The summed E-state index contributed by atoms with van der Waals surface area (Å²) in [5, 5.41) is 2.21. The predicted octanol–water partition coefficient (Wildman–Crippen LogP) is 1.54. The normalized spacial score (nSPS) is 9.17. The molecule has 0 aliphatic carbocycles. The van der Waals surface area contributed by atoms with E-state index in [0.29, 0.717) is 0 Å². The summed E-state index contributed by atoms with van der Waals surface area (Å²) in [6.07, 6.45) is -0.680. The monoisotopic (exact) mass is 169 g/mol. The Balaban J connectivity index is 2.75. The smallest absolute Gasteiger partial charge is 0.407 e. The van der Waals surface area contributed by atoms with Crippen LogP contribution in [0.5, 0.6) is 5.75 Å². The van der Waals surface area contributed by atoms with Crippen molar-refractivity contribution in [1.82, 2.24) is 5.32 Å². The summed E-state index contributed by atoms with van der Waals surface area (Å²) >= 11 is 0. The number of ether oxygens (including phenoxy) is 1. The molecular formula is C8H8FNO2. The largest absolute Gasteiger partial charge is 0.412 e. The molecule has 4 heteroatoms. The quantitative estimate of drug-likeness (QED) is 0.692. The van der Waals surface area contributed by atoms with E-state index in [-0.39, 0.29) is 5.75 Å². The van der Waals surface area contributed by atoms with Gasteiger partial charge in [0, 0.05) is 7.05 Å². The Kier molecular flexibility index (Phi) is 2.63. The average molecular weight is 169 g/mol. The summed E-state index contributed by atoms with van der Waals surface area (Å²) in [4.78, 5) is 10.6. The summed E-state index contributed by atoms with van der Waals surface area (Å²) in [7, 11) is 1.41. The van der Waals surface area contributed by atoms with E-state index in [1.807, 2.05) is 0 Å². The van der Waals surface area contributed by atoms with Crippen LogP contribution in [0, 0.1) is 5.82 Å². The van der Waals surface area contributed by atoms with Gasteiger partial charge in [-0.25, -0.2) is 9.18 Å². The molecule has 0 heterocycles. The first kappa shape index (κ1) is 8.52. The van der Waals surface area contributed by atoms with Crippen molar-refractivity contribution in [2.75, 3.05) is 7.05 Å². The lowest BCUT2D eigenvalue weighted by Crippen LogP contribution is -2.22. The number of hydrogen-bond donors (Lipinski definition) is 1. The Morgan fingerprint density at radius 2 is 2.17 bits per heavy atom. The molecule has 0 saturated carbocycles. The minimum Gasteiger partial charge on any atom is -0.407 e. The van der Waals surface area contributed by atoms with E-state index in [1.165, 1.54) is 25.2 Å². The van der Waals surface area contributed by atoms with E-state index in [9.17, 15) is 9.18 Å². The molecule has 0 saturated heterocycles. The van der Waals surface area contributed by atoms with Crippen molar-refractivity contribution in [3.8, 4) is 5.75 Å². The molecule has 1 N–H and O–H groups in total. The van der Waals surface area contributed by atoms with Crippen molar-refractivity contribution in [3.05, 3.63) is 30.1 Å². The van der Waals surface area contributed by atoms with Gasteiger partial charge < -0.3 is 10.1 Å². The summed E-state index contributed by atoms with van der Waals surface area (Å²) in [5.74, 6) is -0.627. The van der Waals surface area contributed by atoms with Crippen molar-refractivity contribution >= 4 is 6.09 Å². The molecule has 1 rings (SSSR count). The maximum atomic E-state index is 12.8. The second-order valence-corrected chi connectivity index (χ2v) is 2.07. The lowest BCUT2D eigenvalue weighted by Gasteiger charge is -2.02. The number of para-hydroxylation sites is 1. The standard InChI is InChI=1S/C8H8FNO2/c1-10-8(11)12-7-5-3-2-4-6(7)9/h2-5H,1H3,(H,10,11). The van der Waals surface area contributed by atoms with Crippen LogP contribution in [0.15, 0.2) is 24.3 Å². The summed E-state index contributed by atoms with van der Waals surface area (Å²) < 4.78 is 17.4. The summed E-state index contributed by atoms with van der Waals surface area (Å²) in [6.45, 7) is 0. The highest BCUT2D eigenvalue weighted by Gasteiger charge is 2.05. The first-order valence-corrected chi connectivity index (χ1v) is 3.38. The minimum absolute atomic E-state index is 0.0724. The third-order valence-corrected chi connectivity index (χ3v) is 1.24. The number of carbonyl (C=O) groups excluding carboxylic acids is 1. The maximum absolute atomic E-state index is 12.8. The van der Waals surface area contributed by atoms with E-state index in [2.05, 4.69) is 10.1 Å². The lowest BCUT2D eigenvalue weighted by molar-refractivity contribution is 0.201. The molecule has 1 amide bonds. The number of nitrogens with one attached hydrogen (secondary N) is 1. The molecule has 12 heavy (non-hydrogen) atoms. The van der Waals surface area contributed by atoms with Crippen LogP contribution in [0.4, 0.5) is 9.18 Å². The molecule has 0 spiro atoms. The Labute approximate surface area is 69.2 Å². The molecule has 0 unspecified atom stereocenters. The van der Waals surface area contributed by atoms with Gasteiger partial charge in [0.1, 0.15) is 0 Å². The molecule has 0 atom stereocenters. The topological polar surface area (TPSA) is 38.3 Å². The van der Waals surface area contributed by atoms with Crippen LogP contribution in [0.2, 0.25) is 0 Å². The SMILES string of the molecule is CNC(=O)Oc1ccccc1F. The molecule has 3 nitrogen and oxygen atoms in total. The first-order chi connectivity index (χ1) is 5.74. The third kappa shape index (κ3) is 1.95. The van der Waals surface area contributed by atoms with Crippen LogP contribution in [-0.2, 0) is 0 Å². The Hall–Kier alpha value is -1.58. The van der Waals surface area contributed by atoms with Crippen LogP contribution < -0.4 is 10.1 Å². The molecule has 0 bridgehead atoms. The van der Waals surface area contributed by atoms with Crippen molar-refractivity contribution in [1.29, 1.82) is 0 Å². The van der Waals surface area contributed by atoms with Gasteiger partial charge in [-0.1, -0.05) is 12.1 Å². The van der Waals surface area contributed by atoms with E-state index in [0.717, 1.165) is 0 Å². The highest BCUT2D eigenvalue weighted by atomic mass is 19.1. The van der Waals surface area contributed by atoms with Crippen molar-refractivity contribution < 1.29 is 13.9 Å². The fourth-order valence-electron chi connectivity index (χ4n) is 0.678. The zero-order chi connectivity index (χ0) is 8.97. The highest BCUT2D eigenvalue weighted by Crippen LogP contribution is 2.14. The lowest BCUT2D eigenvalue weighted by atomic mass is 10.3. The van der Waals surface area contributed by atoms with Gasteiger partial charge in [0.25, 0.3) is 0 Å². The molecule has 0 radical (unpaired) electrons. The van der Waals surface area contributed by atoms with Crippen LogP contribution >= 0.6 is 0 Å². The zero-order valence-corrected chi connectivity index (χ0v) is 6.50. The second-order valence-electron chi connectivity index (χ2n) is 2.07. The highest BCUT2D eigenvalue weighted by molar-refractivity contribution is 5.69. The predicted molar refractivity (Wildman–Crippen MR) is 41.5 cm³/mol. The molecule has 64 valence electrons. The van der Waals surface area contributed by atoms with Gasteiger partial charge in [-0.2, -0.15) is 0 Å². The molecular weight excluding hydrogens is 161 g/mol. The fourth-order valence-corrected chi connectivity index (χ4v) is 0.678. The Morgan fingerprint density at radius 1 is 1.50 bits per heavy atom. The van der Waals surface area contributed by atoms with Crippen molar-refractivity contribution in [2.24, 2.45) is 0 Å². The van der Waals surface area contributed by atoms with Crippen LogP contribution in [0.25, 0.3) is 0 Å². The van der Waals surface area contributed by atoms with Gasteiger partial charge in [0.05, 0.1) is 0 Å². The van der Waals surface area contributed by atoms with Gasteiger partial charge in [-0.05, 0) is 12.1 Å². The summed E-state index contributed by atoms with van der Waals surface area (Å²) in [5.41, 5.74) is 0. The molecule has 0 fully saturated rings. The van der Waals surface area contributed by atoms with Crippen LogP contribution in [0.1, 0.15) is 0 Å². The number of halogens is 1. The van der Waals surface area contributed by atoms with Gasteiger partial charge in [0.2, 0.25) is 0 Å². The molecule has 1 aromatic carbocycles. The number of amides is 1. The first-order valence-electron chi connectivity index (χ1n) is 3.38. The summed E-state index contributed by atoms with van der Waals surface area (Å²) in [6, 6.07) is 5.70. The van der Waals surface area contributed by atoms with Gasteiger partial charge in [-0.3, -0.25) is 0 Å². The van der Waals surface area contributed by atoms with Gasteiger partial charge in [-0.15, -0.1) is 0 Å². The van der Waals surface area contributed by atoms with Crippen LogP contribution in [0.3, 0.4) is 0 Å². The second kappa shape index (κ2) is 3.71. The Morgan fingerprint density at radius 3 is 2.75 bits per heavy atom. The number of carbonyl (C=O) groups is 1. The van der Waals surface area contributed by atoms with E-state index < -0.39 is 11.9 Å². The van der Waals surface area contributed by atoms with Gasteiger partial charge >= 0.3 is 6.09 Å². The number of rotatable bonds is 1. The molecule has 0 aliphatic heterocycles. The third-order valence-electron chi connectivity index (χ3n) is 1.24. The molecule has 0 aromatic heterocycles. The van der Waals surface area contributed by atoms with E-state index in [1.54, 1.807) is 6.07 Å². The fraction of sp³-hybridized carbons (Fsp3) is 0.125. The molecule has 0 aliphatic rings. The van der Waals surface area contributed by atoms with Crippen LogP contribution in [-0.4, -0.2) is 13.1 Å². The van der Waals surface area contributed by atoms with Gasteiger partial charge in [0.15, 0.2) is 11.6 Å². The minimum atomic E-state index is -0.680. The van der Waals surface area contributed by atoms with Crippen molar-refractivity contribution in [3.63, 3.8) is 0 Å². The van der Waals surface area contributed by atoms with E-state index in [4.69, 9.17) is 0 Å². The van der Waals surface area contributed by atoms with Crippen molar-refractivity contribution in [2.45, 2.75) is 0 Å². The average Bonchev–Trinajstić information content (AvgIpc) is 2.09. The molecule has 1 aromatic rings. The number of hydrogen-bond acceptors (Lipinski definition) is 2. The maximum Gasteiger partial charge on any atom is 0.412 e. The number of benzene rings is 1. The van der Waals surface area contributed by atoms with E-state index >= 15 is 0 Å². The zero-order valence-electron chi connectivity index (χ0n) is 6.50.